The molecule has 1 unspecified atom stereocenters. The van der Waals surface area contributed by atoms with Gasteiger partial charge < -0.3 is 10.1 Å². The van der Waals surface area contributed by atoms with Crippen molar-refractivity contribution in [1.82, 2.24) is 9.78 Å². The van der Waals surface area contributed by atoms with Gasteiger partial charge in [-0.3, -0.25) is 9.48 Å². The lowest BCUT2D eigenvalue weighted by Gasteiger charge is -2.10. The molecule has 3 rings (SSSR count). The molecule has 98 valence electrons. The molecule has 0 bridgehead atoms. The van der Waals surface area contributed by atoms with Crippen LogP contribution in [0.15, 0.2) is 30.5 Å². The molecular formula is C14H15N3O2. The number of Topliss-reactive ketones (excluding diaryl/α,β-unsaturated/α-hetero) is 1. The lowest BCUT2D eigenvalue weighted by molar-refractivity contribution is 0.0954. The molecule has 1 N–H and O–H groups in total. The molecule has 1 aliphatic heterocycles. The molecule has 5 heteroatoms. The average molecular weight is 257 g/mol. The van der Waals surface area contributed by atoms with E-state index in [1.54, 1.807) is 25.0 Å². The van der Waals surface area contributed by atoms with Gasteiger partial charge in [-0.1, -0.05) is 18.2 Å². The first-order valence-electron chi connectivity index (χ1n) is 6.15. The Morgan fingerprint density at radius 3 is 3.05 bits per heavy atom. The highest BCUT2D eigenvalue weighted by atomic mass is 16.5. The topological polar surface area (TPSA) is 56.2 Å². The molecule has 0 fully saturated rings. The summed E-state index contributed by atoms with van der Waals surface area (Å²) in [4.78, 5) is 12.7. The number of benzene rings is 1. The SMILES string of the molecule is COc1cnn(C)c1C(=O)C1CNc2ccccc21. The molecule has 5 nitrogen and oxygen atoms in total. The second kappa shape index (κ2) is 4.42. The van der Waals surface area contributed by atoms with Crippen LogP contribution >= 0.6 is 0 Å². The molecule has 2 heterocycles. The number of carbonyl (C=O) groups is 1. The van der Waals surface area contributed by atoms with Crippen molar-refractivity contribution in [3.63, 3.8) is 0 Å². The van der Waals surface area contributed by atoms with Crippen molar-refractivity contribution in [1.29, 1.82) is 0 Å². The number of nitrogens with zero attached hydrogens (tertiary/aromatic N) is 2. The lowest BCUT2D eigenvalue weighted by Crippen LogP contribution is -2.18. The number of nitrogens with one attached hydrogen (secondary N) is 1. The maximum absolute atomic E-state index is 12.7. The van der Waals surface area contributed by atoms with Crippen molar-refractivity contribution in [2.24, 2.45) is 7.05 Å². The first-order valence-corrected chi connectivity index (χ1v) is 6.15. The normalized spacial score (nSPS) is 16.8. The van der Waals surface area contributed by atoms with Gasteiger partial charge >= 0.3 is 0 Å². The smallest absolute Gasteiger partial charge is 0.193 e. The number of hydrogen-bond donors (Lipinski definition) is 1. The average Bonchev–Trinajstić information content (AvgIpc) is 3.01. The quantitative estimate of drug-likeness (QED) is 0.852. The van der Waals surface area contributed by atoms with Gasteiger partial charge in [0.2, 0.25) is 0 Å². The van der Waals surface area contributed by atoms with Crippen molar-refractivity contribution in [2.75, 3.05) is 19.0 Å². The first kappa shape index (κ1) is 11.8. The Morgan fingerprint density at radius 1 is 1.47 bits per heavy atom. The summed E-state index contributed by atoms with van der Waals surface area (Å²) in [5, 5.41) is 7.34. The Hall–Kier alpha value is -2.30. The van der Waals surface area contributed by atoms with Crippen LogP contribution in [0.3, 0.4) is 0 Å². The van der Waals surface area contributed by atoms with Crippen molar-refractivity contribution in [3.05, 3.63) is 41.7 Å². The monoisotopic (exact) mass is 257 g/mol. The summed E-state index contributed by atoms with van der Waals surface area (Å²) >= 11 is 0. The number of anilines is 1. The highest BCUT2D eigenvalue weighted by molar-refractivity contribution is 6.03. The lowest BCUT2D eigenvalue weighted by atomic mass is 9.94. The Labute approximate surface area is 111 Å². The van der Waals surface area contributed by atoms with Crippen molar-refractivity contribution in [3.8, 4) is 5.75 Å². The van der Waals surface area contributed by atoms with Crippen LogP contribution in [-0.4, -0.2) is 29.2 Å². The van der Waals surface area contributed by atoms with Crippen LogP contribution in [0.1, 0.15) is 22.0 Å². The minimum absolute atomic E-state index is 0.0364. The number of fused-ring (bicyclic) bond motifs is 1. The predicted octanol–water partition coefficient (Wildman–Crippen LogP) is 1.82. The van der Waals surface area contributed by atoms with E-state index < -0.39 is 0 Å². The third-order valence-corrected chi connectivity index (χ3v) is 3.51. The zero-order chi connectivity index (χ0) is 13.4. The van der Waals surface area contributed by atoms with Crippen LogP contribution in [0.5, 0.6) is 5.75 Å². The van der Waals surface area contributed by atoms with Gasteiger partial charge in [-0.15, -0.1) is 0 Å². The van der Waals surface area contributed by atoms with E-state index in [-0.39, 0.29) is 11.7 Å². The summed E-state index contributed by atoms with van der Waals surface area (Å²) in [6, 6.07) is 7.89. The van der Waals surface area contributed by atoms with Gasteiger partial charge in [-0.05, 0) is 11.6 Å². The molecule has 0 saturated heterocycles. The first-order chi connectivity index (χ1) is 9.22. The van der Waals surface area contributed by atoms with Crippen molar-refractivity contribution < 1.29 is 9.53 Å². The van der Waals surface area contributed by atoms with Gasteiger partial charge in [0.05, 0.1) is 19.2 Å². The third kappa shape index (κ3) is 1.78. The zero-order valence-corrected chi connectivity index (χ0v) is 10.9. The van der Waals surface area contributed by atoms with Gasteiger partial charge in [0.15, 0.2) is 11.5 Å². The van der Waals surface area contributed by atoms with Crippen LogP contribution in [0.25, 0.3) is 0 Å². The Bertz CT molecular complexity index is 633. The fraction of sp³-hybridized carbons (Fsp3) is 0.286. The summed E-state index contributed by atoms with van der Waals surface area (Å²) in [5.41, 5.74) is 2.59. The van der Waals surface area contributed by atoms with E-state index >= 15 is 0 Å². The minimum atomic E-state index is -0.180. The third-order valence-electron chi connectivity index (χ3n) is 3.51. The highest BCUT2D eigenvalue weighted by Gasteiger charge is 2.32. The predicted molar refractivity (Wildman–Crippen MR) is 71.8 cm³/mol. The molecule has 0 spiro atoms. The summed E-state index contributed by atoms with van der Waals surface area (Å²) in [6.07, 6.45) is 1.57. The molecular weight excluding hydrogens is 242 g/mol. The Balaban J connectivity index is 2.00. The number of aromatic nitrogens is 2. The Kier molecular flexibility index (Phi) is 2.74. The van der Waals surface area contributed by atoms with Crippen LogP contribution in [0.2, 0.25) is 0 Å². The molecule has 1 atom stereocenters. The van der Waals surface area contributed by atoms with E-state index in [9.17, 15) is 4.79 Å². The van der Waals surface area contributed by atoms with Crippen LogP contribution in [0.4, 0.5) is 5.69 Å². The minimum Gasteiger partial charge on any atom is -0.493 e. The number of hydrogen-bond acceptors (Lipinski definition) is 4. The summed E-state index contributed by atoms with van der Waals surface area (Å²) in [7, 11) is 3.30. The van der Waals surface area contributed by atoms with Crippen molar-refractivity contribution >= 4 is 11.5 Å². The van der Waals surface area contributed by atoms with Gasteiger partial charge in [-0.25, -0.2) is 0 Å². The number of rotatable bonds is 3. The standard InChI is InChI=1S/C14H15N3O2/c1-17-13(12(19-2)8-16-17)14(18)10-7-15-11-6-4-3-5-9(10)11/h3-6,8,10,15H,7H2,1-2H3. The molecule has 19 heavy (non-hydrogen) atoms. The molecule has 1 aromatic carbocycles. The molecule has 0 aliphatic carbocycles. The number of ketones is 1. The van der Waals surface area contributed by atoms with E-state index in [1.807, 2.05) is 24.3 Å². The van der Waals surface area contributed by atoms with Crippen LogP contribution in [0, 0.1) is 0 Å². The zero-order valence-electron chi connectivity index (χ0n) is 10.9. The molecule has 1 aromatic heterocycles. The summed E-state index contributed by atoms with van der Waals surface area (Å²) in [6.45, 7) is 0.618. The number of para-hydroxylation sites is 1. The second-order valence-electron chi connectivity index (χ2n) is 4.57. The van der Waals surface area contributed by atoms with Gasteiger partial charge in [0.25, 0.3) is 0 Å². The van der Waals surface area contributed by atoms with E-state index in [4.69, 9.17) is 4.74 Å². The fourth-order valence-electron chi connectivity index (χ4n) is 2.53. The molecule has 0 amide bonds. The molecule has 0 radical (unpaired) electrons. The summed E-state index contributed by atoms with van der Waals surface area (Å²) in [5.74, 6) is 0.381. The Morgan fingerprint density at radius 2 is 2.26 bits per heavy atom. The molecule has 1 aliphatic rings. The maximum atomic E-state index is 12.7. The highest BCUT2D eigenvalue weighted by Crippen LogP contribution is 2.34. The number of aryl methyl sites for hydroxylation is 1. The van der Waals surface area contributed by atoms with E-state index in [0.717, 1.165) is 11.3 Å². The van der Waals surface area contributed by atoms with Crippen LogP contribution < -0.4 is 10.1 Å². The van der Waals surface area contributed by atoms with E-state index in [1.165, 1.54) is 0 Å². The molecule has 2 aromatic rings. The van der Waals surface area contributed by atoms with Gasteiger partial charge in [-0.2, -0.15) is 5.10 Å². The van der Waals surface area contributed by atoms with Gasteiger partial charge in [0, 0.05) is 19.3 Å². The van der Waals surface area contributed by atoms with E-state index in [0.29, 0.717) is 18.0 Å². The fourth-order valence-corrected chi connectivity index (χ4v) is 2.53. The van der Waals surface area contributed by atoms with Gasteiger partial charge in [0.1, 0.15) is 5.69 Å². The number of methoxy groups -OCH3 is 1. The largest absolute Gasteiger partial charge is 0.493 e. The van der Waals surface area contributed by atoms with Crippen LogP contribution in [-0.2, 0) is 7.05 Å². The second-order valence-corrected chi connectivity index (χ2v) is 4.57. The molecule has 0 saturated carbocycles. The van der Waals surface area contributed by atoms with Crippen molar-refractivity contribution in [2.45, 2.75) is 5.92 Å². The maximum Gasteiger partial charge on any atom is 0.193 e. The summed E-state index contributed by atoms with van der Waals surface area (Å²) < 4.78 is 6.78. The van der Waals surface area contributed by atoms with E-state index in [2.05, 4.69) is 10.4 Å². The number of carbonyl (C=O) groups excluding carboxylic acids is 1. The number of ether oxygens (including phenoxy) is 1.